The van der Waals surface area contributed by atoms with Crippen LogP contribution in [0, 0.1) is 0 Å². The zero-order valence-electron chi connectivity index (χ0n) is 7.54. The lowest BCUT2D eigenvalue weighted by molar-refractivity contribution is 0.0845. The van der Waals surface area contributed by atoms with Crippen molar-refractivity contribution in [3.05, 3.63) is 0 Å². The molecule has 0 N–H and O–H groups in total. The molecule has 1 saturated heterocycles. The topological polar surface area (TPSA) is 35.5 Å². The maximum Gasteiger partial charge on any atom is 0.332 e. The third kappa shape index (κ3) is 2.02. The molecule has 0 bridgehead atoms. The highest BCUT2D eigenvalue weighted by Gasteiger charge is 2.46. The molecule has 0 spiro atoms. The van der Waals surface area contributed by atoms with Crippen LogP contribution in [-0.4, -0.2) is 23.7 Å². The Balaban J connectivity index is 2.71. The predicted octanol–water partition coefficient (Wildman–Crippen LogP) is 2.63. The first-order valence-electron chi connectivity index (χ1n) is 3.94. The average molecular weight is 213 g/mol. The quantitative estimate of drug-likeness (QED) is 0.522. The highest BCUT2D eigenvalue weighted by molar-refractivity contribution is 7.54. The zero-order chi connectivity index (χ0) is 9.41. The van der Waals surface area contributed by atoms with Crippen LogP contribution >= 0.6 is 19.2 Å². The van der Waals surface area contributed by atoms with Crippen LogP contribution in [0.5, 0.6) is 0 Å². The average Bonchev–Trinajstić information content (AvgIpc) is 2.02. The number of hydrogen-bond acceptors (Lipinski definition) is 3. The molecule has 1 aliphatic heterocycles. The molecule has 12 heavy (non-hydrogen) atoms. The summed E-state index contributed by atoms with van der Waals surface area (Å²) in [6, 6.07) is 0. The first-order valence-corrected chi connectivity index (χ1v) is 6.20. The SMILES string of the molecule is CC1OP(=O)(CCCl)OC1(C)C. The zero-order valence-corrected chi connectivity index (χ0v) is 9.19. The van der Waals surface area contributed by atoms with Crippen molar-refractivity contribution >= 4 is 19.2 Å². The van der Waals surface area contributed by atoms with E-state index in [1.54, 1.807) is 0 Å². The van der Waals surface area contributed by atoms with Gasteiger partial charge in [-0.2, -0.15) is 0 Å². The van der Waals surface area contributed by atoms with Crippen LogP contribution in [0.15, 0.2) is 0 Å². The molecule has 2 unspecified atom stereocenters. The first-order chi connectivity index (χ1) is 5.40. The monoisotopic (exact) mass is 212 g/mol. The lowest BCUT2D eigenvalue weighted by Crippen LogP contribution is -2.29. The van der Waals surface area contributed by atoms with Gasteiger partial charge in [-0.3, -0.25) is 9.09 Å². The fourth-order valence-corrected chi connectivity index (χ4v) is 3.69. The van der Waals surface area contributed by atoms with E-state index in [4.69, 9.17) is 20.6 Å². The van der Waals surface area contributed by atoms with Gasteiger partial charge in [0.25, 0.3) is 0 Å². The minimum absolute atomic E-state index is 0.133. The van der Waals surface area contributed by atoms with Crippen LogP contribution in [0.2, 0.25) is 0 Å². The van der Waals surface area contributed by atoms with Gasteiger partial charge in [0, 0.05) is 5.88 Å². The Labute approximate surface area is 77.9 Å². The van der Waals surface area contributed by atoms with E-state index < -0.39 is 13.2 Å². The van der Waals surface area contributed by atoms with Gasteiger partial charge in [-0.05, 0) is 20.8 Å². The summed E-state index contributed by atoms with van der Waals surface area (Å²) in [5.74, 6) is 0.306. The van der Waals surface area contributed by atoms with Gasteiger partial charge >= 0.3 is 7.60 Å². The van der Waals surface area contributed by atoms with Gasteiger partial charge in [-0.15, -0.1) is 11.6 Å². The van der Waals surface area contributed by atoms with Crippen LogP contribution in [0.1, 0.15) is 20.8 Å². The molecule has 0 radical (unpaired) electrons. The molecule has 1 rings (SSSR count). The third-order valence-electron chi connectivity index (χ3n) is 2.03. The van der Waals surface area contributed by atoms with Crippen molar-refractivity contribution < 1.29 is 13.6 Å². The number of alkyl halides is 1. The molecule has 0 amide bonds. The van der Waals surface area contributed by atoms with Gasteiger partial charge in [0.1, 0.15) is 0 Å². The third-order valence-corrected chi connectivity index (χ3v) is 4.64. The molecule has 3 nitrogen and oxygen atoms in total. The van der Waals surface area contributed by atoms with Crippen molar-refractivity contribution in [1.29, 1.82) is 0 Å². The highest BCUT2D eigenvalue weighted by atomic mass is 35.5. The summed E-state index contributed by atoms with van der Waals surface area (Å²) in [6.07, 6.45) is 0.161. The minimum Gasteiger partial charge on any atom is -0.302 e. The second kappa shape index (κ2) is 3.30. The lowest BCUT2D eigenvalue weighted by Gasteiger charge is -2.18. The number of halogens is 1. The minimum atomic E-state index is -2.88. The van der Waals surface area contributed by atoms with E-state index in [-0.39, 0.29) is 6.10 Å². The molecule has 0 aromatic heterocycles. The van der Waals surface area contributed by atoms with E-state index in [9.17, 15) is 4.57 Å². The summed E-state index contributed by atoms with van der Waals surface area (Å²) in [5.41, 5.74) is -0.457. The molecule has 5 heteroatoms. The van der Waals surface area contributed by atoms with E-state index in [2.05, 4.69) is 0 Å². The summed E-state index contributed by atoms with van der Waals surface area (Å²) in [5, 5.41) is 0. The summed E-state index contributed by atoms with van der Waals surface area (Å²) < 4.78 is 22.3. The van der Waals surface area contributed by atoms with Crippen molar-refractivity contribution in [3.63, 3.8) is 0 Å². The van der Waals surface area contributed by atoms with Gasteiger partial charge in [0.15, 0.2) is 0 Å². The van der Waals surface area contributed by atoms with Gasteiger partial charge in [-0.1, -0.05) is 0 Å². The fraction of sp³-hybridized carbons (Fsp3) is 1.00. The highest BCUT2D eigenvalue weighted by Crippen LogP contribution is 2.59. The Bertz CT molecular complexity index is 217. The normalized spacial score (nSPS) is 40.2. The molecule has 0 aromatic rings. The first kappa shape index (κ1) is 10.5. The van der Waals surface area contributed by atoms with Crippen LogP contribution < -0.4 is 0 Å². The van der Waals surface area contributed by atoms with Gasteiger partial charge in [0.05, 0.1) is 17.9 Å². The Morgan fingerprint density at radius 3 is 2.50 bits per heavy atom. The van der Waals surface area contributed by atoms with Crippen LogP contribution in [0.3, 0.4) is 0 Å². The Hall–Kier alpha value is 0.440. The fourth-order valence-electron chi connectivity index (χ4n) is 1.02. The molecule has 2 atom stereocenters. The van der Waals surface area contributed by atoms with Gasteiger partial charge < -0.3 is 4.52 Å². The molecule has 72 valence electrons. The Morgan fingerprint density at radius 2 is 2.17 bits per heavy atom. The Morgan fingerprint density at radius 1 is 1.58 bits per heavy atom. The summed E-state index contributed by atoms with van der Waals surface area (Å²) in [4.78, 5) is 0. The molecule has 1 fully saturated rings. The smallest absolute Gasteiger partial charge is 0.302 e. The predicted molar refractivity (Wildman–Crippen MR) is 48.9 cm³/mol. The number of hydrogen-bond donors (Lipinski definition) is 0. The van der Waals surface area contributed by atoms with E-state index in [0.29, 0.717) is 12.0 Å². The molecule has 0 aliphatic carbocycles. The van der Waals surface area contributed by atoms with Crippen LogP contribution in [-0.2, 0) is 13.6 Å². The Kier molecular flexibility index (Phi) is 2.89. The van der Waals surface area contributed by atoms with Crippen molar-refractivity contribution in [2.75, 3.05) is 12.0 Å². The van der Waals surface area contributed by atoms with Crippen molar-refractivity contribution in [2.24, 2.45) is 0 Å². The van der Waals surface area contributed by atoms with Gasteiger partial charge in [0.2, 0.25) is 0 Å². The second-order valence-corrected chi connectivity index (χ2v) is 5.91. The lowest BCUT2D eigenvalue weighted by atomic mass is 10.0. The molecule has 1 heterocycles. The number of rotatable bonds is 2. The maximum absolute atomic E-state index is 11.7. The molecular weight excluding hydrogens is 199 g/mol. The van der Waals surface area contributed by atoms with E-state index in [1.807, 2.05) is 20.8 Å². The van der Waals surface area contributed by atoms with Gasteiger partial charge in [-0.25, -0.2) is 0 Å². The van der Waals surface area contributed by atoms with E-state index in [0.717, 1.165) is 0 Å². The van der Waals surface area contributed by atoms with Crippen molar-refractivity contribution in [2.45, 2.75) is 32.5 Å². The molecule has 1 aliphatic rings. The van der Waals surface area contributed by atoms with Crippen LogP contribution in [0.4, 0.5) is 0 Å². The second-order valence-electron chi connectivity index (χ2n) is 3.47. The van der Waals surface area contributed by atoms with E-state index in [1.165, 1.54) is 0 Å². The maximum atomic E-state index is 11.7. The molecule has 0 saturated carbocycles. The molecular formula is C7H14ClO3P. The van der Waals surface area contributed by atoms with Crippen LogP contribution in [0.25, 0.3) is 0 Å². The summed E-state index contributed by atoms with van der Waals surface area (Å²) >= 11 is 5.48. The molecule has 0 aromatic carbocycles. The van der Waals surface area contributed by atoms with E-state index >= 15 is 0 Å². The largest absolute Gasteiger partial charge is 0.332 e. The van der Waals surface area contributed by atoms with Crippen molar-refractivity contribution in [3.8, 4) is 0 Å². The van der Waals surface area contributed by atoms with Crippen molar-refractivity contribution in [1.82, 2.24) is 0 Å². The summed E-state index contributed by atoms with van der Waals surface area (Å²) in [7, 11) is -2.88. The summed E-state index contributed by atoms with van der Waals surface area (Å²) in [6.45, 7) is 5.59. The standard InChI is InChI=1S/C7H14ClO3P/c1-6-7(2,3)11-12(9,10-6)5-4-8/h6H,4-5H2,1-3H3.